The third-order valence-electron chi connectivity index (χ3n) is 5.24. The Morgan fingerprint density at radius 1 is 1.07 bits per heavy atom. The summed E-state index contributed by atoms with van der Waals surface area (Å²) < 4.78 is 13.1. The van der Waals surface area contributed by atoms with Crippen molar-refractivity contribution < 1.29 is 14.1 Å². The Morgan fingerprint density at radius 2 is 1.78 bits per heavy atom. The molecule has 2 heterocycles. The summed E-state index contributed by atoms with van der Waals surface area (Å²) in [7, 11) is 0. The number of benzene rings is 2. The molecule has 1 saturated heterocycles. The van der Waals surface area contributed by atoms with Gasteiger partial charge in [0.1, 0.15) is 5.82 Å². The molecular formula is C21H24FN4O+. The number of nitrogens with zero attached hydrogens (tertiary/aromatic N) is 2. The van der Waals surface area contributed by atoms with E-state index in [2.05, 4.69) is 10.3 Å². The topological polar surface area (TPSA) is 40.0 Å². The van der Waals surface area contributed by atoms with Gasteiger partial charge in [0.15, 0.2) is 6.54 Å². The SMILES string of the molecule is O=C(C[NH+]1CCN(c2ccc(F)cc2)CC1)N1NC=C[C@@H]1c1ccccc1. The van der Waals surface area contributed by atoms with Crippen LogP contribution in [0.1, 0.15) is 11.6 Å². The van der Waals surface area contributed by atoms with Crippen molar-refractivity contribution in [3.8, 4) is 0 Å². The van der Waals surface area contributed by atoms with Crippen molar-refractivity contribution in [3.05, 3.63) is 78.3 Å². The van der Waals surface area contributed by atoms with E-state index >= 15 is 0 Å². The van der Waals surface area contributed by atoms with Crippen LogP contribution in [0, 0.1) is 5.82 Å². The van der Waals surface area contributed by atoms with E-state index in [1.807, 2.05) is 54.7 Å². The summed E-state index contributed by atoms with van der Waals surface area (Å²) in [5.41, 5.74) is 5.22. The highest BCUT2D eigenvalue weighted by Crippen LogP contribution is 2.23. The van der Waals surface area contributed by atoms with Gasteiger partial charge in [-0.15, -0.1) is 0 Å². The third kappa shape index (κ3) is 3.95. The molecule has 1 fully saturated rings. The van der Waals surface area contributed by atoms with Gasteiger partial charge in [-0.3, -0.25) is 4.79 Å². The number of hydrogen-bond donors (Lipinski definition) is 2. The van der Waals surface area contributed by atoms with Gasteiger partial charge in [-0.25, -0.2) is 9.40 Å². The van der Waals surface area contributed by atoms with E-state index in [1.54, 1.807) is 5.01 Å². The fourth-order valence-corrected chi connectivity index (χ4v) is 3.73. The lowest BCUT2D eigenvalue weighted by molar-refractivity contribution is -0.892. The Balaban J connectivity index is 1.32. The molecule has 0 aliphatic carbocycles. The van der Waals surface area contributed by atoms with Crippen LogP contribution in [-0.2, 0) is 4.79 Å². The average molecular weight is 367 g/mol. The number of quaternary nitrogens is 1. The standard InChI is InChI=1S/C21H23FN4O/c22-18-6-8-19(9-7-18)25-14-12-24(13-15-25)16-21(27)26-20(10-11-23-26)17-4-2-1-3-5-17/h1-11,20,23H,12-16H2/p+1/t20-/m1/s1. The fraction of sp³-hybridized carbons (Fsp3) is 0.286. The number of nitrogens with one attached hydrogen (secondary N) is 2. The zero-order valence-electron chi connectivity index (χ0n) is 15.1. The van der Waals surface area contributed by atoms with Crippen molar-refractivity contribution in [1.29, 1.82) is 0 Å². The molecule has 1 atom stereocenters. The van der Waals surface area contributed by atoms with Crippen LogP contribution in [-0.4, -0.2) is 43.6 Å². The van der Waals surface area contributed by atoms with Crippen molar-refractivity contribution >= 4 is 11.6 Å². The largest absolute Gasteiger partial charge is 0.360 e. The Kier molecular flexibility index (Phi) is 5.07. The predicted octanol–water partition coefficient (Wildman–Crippen LogP) is 1.13. The summed E-state index contributed by atoms with van der Waals surface area (Å²) in [6.45, 7) is 3.97. The molecule has 0 spiro atoms. The molecule has 6 heteroatoms. The summed E-state index contributed by atoms with van der Waals surface area (Å²) in [5, 5.41) is 1.72. The van der Waals surface area contributed by atoms with Crippen molar-refractivity contribution in [1.82, 2.24) is 10.4 Å². The van der Waals surface area contributed by atoms with Gasteiger partial charge in [-0.2, -0.15) is 0 Å². The second-order valence-corrected chi connectivity index (χ2v) is 7.00. The summed E-state index contributed by atoms with van der Waals surface area (Å²) >= 11 is 0. The molecule has 2 aromatic carbocycles. The Bertz CT molecular complexity index is 801. The minimum absolute atomic E-state index is 0.0568. The Hall–Kier alpha value is -2.86. The van der Waals surface area contributed by atoms with Crippen LogP contribution in [0.25, 0.3) is 0 Å². The Labute approximate surface area is 158 Å². The van der Waals surface area contributed by atoms with Gasteiger partial charge in [-0.05, 0) is 35.9 Å². The molecule has 140 valence electrons. The quantitative estimate of drug-likeness (QED) is 0.851. The maximum atomic E-state index is 13.1. The lowest BCUT2D eigenvalue weighted by atomic mass is 10.1. The molecule has 0 radical (unpaired) electrons. The first-order valence-corrected chi connectivity index (χ1v) is 9.34. The van der Waals surface area contributed by atoms with E-state index in [1.165, 1.54) is 17.0 Å². The molecule has 2 aliphatic rings. The van der Waals surface area contributed by atoms with Crippen molar-refractivity contribution in [2.24, 2.45) is 0 Å². The monoisotopic (exact) mass is 367 g/mol. The molecule has 2 aliphatic heterocycles. The molecule has 1 amide bonds. The highest BCUT2D eigenvalue weighted by Gasteiger charge is 2.30. The van der Waals surface area contributed by atoms with Crippen molar-refractivity contribution in [2.45, 2.75) is 6.04 Å². The van der Waals surface area contributed by atoms with Crippen LogP contribution < -0.4 is 15.2 Å². The smallest absolute Gasteiger partial charge is 0.296 e. The number of carbonyl (C=O) groups is 1. The average Bonchev–Trinajstić information content (AvgIpc) is 3.20. The van der Waals surface area contributed by atoms with Crippen molar-refractivity contribution in [2.75, 3.05) is 37.6 Å². The summed E-state index contributed by atoms with van der Waals surface area (Å²) in [6.07, 6.45) is 3.84. The molecule has 2 N–H and O–H groups in total. The molecular weight excluding hydrogens is 343 g/mol. The van der Waals surface area contributed by atoms with Gasteiger partial charge >= 0.3 is 0 Å². The number of carbonyl (C=O) groups excluding carboxylic acids is 1. The number of anilines is 1. The van der Waals surface area contributed by atoms with E-state index in [9.17, 15) is 9.18 Å². The van der Waals surface area contributed by atoms with E-state index in [-0.39, 0.29) is 17.8 Å². The van der Waals surface area contributed by atoms with E-state index in [0.29, 0.717) is 6.54 Å². The highest BCUT2D eigenvalue weighted by atomic mass is 19.1. The van der Waals surface area contributed by atoms with Crippen LogP contribution in [0.4, 0.5) is 10.1 Å². The number of rotatable bonds is 4. The molecule has 4 rings (SSSR count). The summed E-state index contributed by atoms with van der Waals surface area (Å²) in [4.78, 5) is 16.4. The molecule has 5 nitrogen and oxygen atoms in total. The van der Waals surface area contributed by atoms with E-state index in [0.717, 1.165) is 37.4 Å². The number of hydrazine groups is 1. The number of amides is 1. The number of piperazine rings is 1. The first-order chi connectivity index (χ1) is 13.2. The molecule has 0 bridgehead atoms. The zero-order valence-corrected chi connectivity index (χ0v) is 15.1. The summed E-state index contributed by atoms with van der Waals surface area (Å²) in [5.74, 6) is -0.118. The third-order valence-corrected chi connectivity index (χ3v) is 5.24. The maximum absolute atomic E-state index is 13.1. The molecule has 2 aromatic rings. The molecule has 0 saturated carbocycles. The van der Waals surface area contributed by atoms with Gasteiger partial charge < -0.3 is 15.2 Å². The van der Waals surface area contributed by atoms with E-state index < -0.39 is 0 Å². The van der Waals surface area contributed by atoms with Crippen molar-refractivity contribution in [3.63, 3.8) is 0 Å². The van der Waals surface area contributed by atoms with Crippen LogP contribution >= 0.6 is 0 Å². The number of hydrogen-bond acceptors (Lipinski definition) is 3. The van der Waals surface area contributed by atoms with Crippen LogP contribution in [0.2, 0.25) is 0 Å². The first kappa shape index (κ1) is 17.5. The minimum atomic E-state index is -0.215. The lowest BCUT2D eigenvalue weighted by Gasteiger charge is -2.34. The molecule has 0 aromatic heterocycles. The summed E-state index contributed by atoms with van der Waals surface area (Å²) in [6, 6.07) is 16.6. The minimum Gasteiger partial charge on any atom is -0.360 e. The number of halogens is 1. The van der Waals surface area contributed by atoms with Crippen LogP contribution in [0.15, 0.2) is 66.9 Å². The second kappa shape index (κ2) is 7.80. The lowest BCUT2D eigenvalue weighted by Crippen LogP contribution is -3.16. The second-order valence-electron chi connectivity index (χ2n) is 7.00. The van der Waals surface area contributed by atoms with Gasteiger partial charge in [-0.1, -0.05) is 30.3 Å². The van der Waals surface area contributed by atoms with Gasteiger partial charge in [0.05, 0.1) is 32.2 Å². The van der Waals surface area contributed by atoms with Crippen LogP contribution in [0.3, 0.4) is 0 Å². The highest BCUT2D eigenvalue weighted by molar-refractivity contribution is 5.78. The van der Waals surface area contributed by atoms with Gasteiger partial charge in [0.2, 0.25) is 0 Å². The normalized spacial score (nSPS) is 20.0. The zero-order chi connectivity index (χ0) is 18.6. The Morgan fingerprint density at radius 3 is 2.48 bits per heavy atom. The van der Waals surface area contributed by atoms with E-state index in [4.69, 9.17) is 0 Å². The fourth-order valence-electron chi connectivity index (χ4n) is 3.73. The van der Waals surface area contributed by atoms with Gasteiger partial charge in [0.25, 0.3) is 5.91 Å². The van der Waals surface area contributed by atoms with Crippen LogP contribution in [0.5, 0.6) is 0 Å². The maximum Gasteiger partial charge on any atom is 0.296 e. The van der Waals surface area contributed by atoms with Gasteiger partial charge in [0, 0.05) is 11.9 Å². The molecule has 27 heavy (non-hydrogen) atoms. The predicted molar refractivity (Wildman–Crippen MR) is 102 cm³/mol. The first-order valence-electron chi connectivity index (χ1n) is 9.34. The molecule has 0 unspecified atom stereocenters.